The van der Waals surface area contributed by atoms with E-state index in [9.17, 15) is 13.5 Å². The average Bonchev–Trinajstić information content (AvgIpc) is 2.96. The Morgan fingerprint density at radius 3 is 1.27 bits per heavy atom. The number of hydrogen-bond donors (Lipinski definition) is 1. The van der Waals surface area contributed by atoms with Gasteiger partial charge in [-0.3, -0.25) is 4.55 Å². The molecule has 262 valence electrons. The van der Waals surface area contributed by atoms with E-state index in [1.165, 1.54) is 58.1 Å². The molecule has 0 heterocycles. The predicted octanol–water partition coefficient (Wildman–Crippen LogP) is 8.81. The number of hydrogen-bond acceptors (Lipinski definition) is 4. The standard InChI is InChI=1S/C41H62O5S.Na/c1-32(2)15-9-16-33(3)17-10-18-34(4)19-11-20-35(5)21-12-22-36(6)23-13-24-37(7)25-14-26-38(8)27-28-39-31-40(42)29-30-41(39)46-47(43,44)45;/h15,17,19,21,23,25,27,29-31,42H,9-14,16,18,20,22,24,26,28H2,1-8H3,(H,43,44,45);/q;+1/p-1/b33-17+,34-19+,35-21+,36-23+,37-25+,38-27+;. The van der Waals surface area contributed by atoms with Crippen LogP contribution in [0.1, 0.15) is 138 Å². The molecule has 1 N–H and O–H groups in total. The van der Waals surface area contributed by atoms with Crippen LogP contribution in [0.5, 0.6) is 11.5 Å². The predicted molar refractivity (Wildman–Crippen MR) is 199 cm³/mol. The zero-order valence-electron chi connectivity index (χ0n) is 31.5. The van der Waals surface area contributed by atoms with Crippen molar-refractivity contribution >= 4 is 10.4 Å². The molecule has 0 aliphatic rings. The Labute approximate surface area is 316 Å². The minimum atomic E-state index is -4.65. The normalized spacial score (nSPS) is 13.8. The monoisotopic (exact) mass is 688 g/mol. The minimum Gasteiger partial charge on any atom is -0.872 e. The third-order valence-corrected chi connectivity index (χ3v) is 8.54. The van der Waals surface area contributed by atoms with Crippen LogP contribution in [-0.2, 0) is 16.8 Å². The van der Waals surface area contributed by atoms with E-state index in [1.54, 1.807) is 0 Å². The Bertz CT molecular complexity index is 1430. The summed E-state index contributed by atoms with van der Waals surface area (Å²) in [6, 6.07) is 3.81. The van der Waals surface area contributed by atoms with Crippen molar-refractivity contribution in [3.05, 3.63) is 105 Å². The molecule has 0 atom stereocenters. The van der Waals surface area contributed by atoms with E-state index in [1.807, 2.05) is 13.0 Å². The fourth-order valence-corrected chi connectivity index (χ4v) is 5.52. The SMILES string of the molecule is CC(C)=CCC/C(C)=C/CC/C(C)=C/CC/C(C)=C/CC/C(C)=C/CC/C(C)=C/CC/C(C)=C/Cc1cc([O-])ccc1OS(=O)(=O)O.[Na+]. The third kappa shape index (κ3) is 25.0. The Kier molecular flexibility index (Phi) is 24.7. The van der Waals surface area contributed by atoms with Crippen LogP contribution in [0.3, 0.4) is 0 Å². The Hall–Kier alpha value is -2.09. The molecule has 0 radical (unpaired) electrons. The maximum Gasteiger partial charge on any atom is 1.00 e. The number of rotatable bonds is 22. The van der Waals surface area contributed by atoms with E-state index in [4.69, 9.17) is 4.55 Å². The summed E-state index contributed by atoms with van der Waals surface area (Å²) in [5.41, 5.74) is 10.2. The molecule has 0 spiro atoms. The summed E-state index contributed by atoms with van der Waals surface area (Å²) in [6.45, 7) is 17.5. The third-order valence-electron chi connectivity index (χ3n) is 8.15. The molecule has 0 saturated carbocycles. The first-order valence-electron chi connectivity index (χ1n) is 17.2. The van der Waals surface area contributed by atoms with Crippen LogP contribution in [0.15, 0.2) is 99.7 Å². The number of allylic oxidation sites excluding steroid dienone is 14. The van der Waals surface area contributed by atoms with E-state index in [0.29, 0.717) is 12.0 Å². The molecular weight excluding hydrogens is 628 g/mol. The second-order valence-electron chi connectivity index (χ2n) is 13.3. The fourth-order valence-electron chi connectivity index (χ4n) is 5.13. The second-order valence-corrected chi connectivity index (χ2v) is 14.3. The molecule has 0 aliphatic heterocycles. The van der Waals surface area contributed by atoms with Crippen LogP contribution in [0.2, 0.25) is 0 Å². The Balaban J connectivity index is 0.0000221. The first-order chi connectivity index (χ1) is 22.1. The molecule has 1 aromatic rings. The van der Waals surface area contributed by atoms with Crippen LogP contribution in [0, 0.1) is 0 Å². The molecule has 1 rings (SSSR count). The maximum absolute atomic E-state index is 11.7. The molecule has 0 aromatic heterocycles. The van der Waals surface area contributed by atoms with Gasteiger partial charge >= 0.3 is 40.0 Å². The second kappa shape index (κ2) is 25.8. The average molecular weight is 689 g/mol. The molecule has 5 nitrogen and oxygen atoms in total. The van der Waals surface area contributed by atoms with Gasteiger partial charge in [0, 0.05) is 0 Å². The smallest absolute Gasteiger partial charge is 0.872 e. The molecule has 0 fully saturated rings. The fraction of sp³-hybridized carbons (Fsp3) is 0.512. The van der Waals surface area contributed by atoms with Gasteiger partial charge in [0.2, 0.25) is 0 Å². The summed E-state index contributed by atoms with van der Waals surface area (Å²) in [5, 5.41) is 11.7. The van der Waals surface area contributed by atoms with Crippen molar-refractivity contribution in [1.29, 1.82) is 0 Å². The first-order valence-corrected chi connectivity index (χ1v) is 18.5. The summed E-state index contributed by atoms with van der Waals surface area (Å²) in [6.07, 6.45) is 29.4. The molecule has 48 heavy (non-hydrogen) atoms. The van der Waals surface area contributed by atoms with Crippen LogP contribution >= 0.6 is 0 Å². The van der Waals surface area contributed by atoms with Crippen LogP contribution in [0.25, 0.3) is 0 Å². The van der Waals surface area contributed by atoms with E-state index in [0.717, 1.165) is 76.2 Å². The molecule has 0 amide bonds. The minimum absolute atomic E-state index is 0. The van der Waals surface area contributed by atoms with Gasteiger partial charge in [-0.15, -0.1) is 5.75 Å². The number of benzene rings is 1. The molecule has 0 saturated heterocycles. The van der Waals surface area contributed by atoms with Crippen molar-refractivity contribution in [1.82, 2.24) is 0 Å². The van der Waals surface area contributed by atoms with Gasteiger partial charge in [-0.1, -0.05) is 93.7 Å². The largest absolute Gasteiger partial charge is 1.00 e. The Morgan fingerprint density at radius 2 is 0.938 bits per heavy atom. The van der Waals surface area contributed by atoms with Gasteiger partial charge in [0.05, 0.1) is 0 Å². The van der Waals surface area contributed by atoms with Crippen LogP contribution in [-0.4, -0.2) is 13.0 Å². The zero-order chi connectivity index (χ0) is 35.2. The van der Waals surface area contributed by atoms with Crippen molar-refractivity contribution in [2.45, 2.75) is 139 Å². The van der Waals surface area contributed by atoms with Gasteiger partial charge < -0.3 is 9.29 Å². The quantitative estimate of drug-likeness (QED) is 0.0748. The van der Waals surface area contributed by atoms with Crippen molar-refractivity contribution in [2.24, 2.45) is 0 Å². The molecule has 1 aromatic carbocycles. The van der Waals surface area contributed by atoms with Crippen LogP contribution in [0.4, 0.5) is 0 Å². The summed E-state index contributed by atoms with van der Waals surface area (Å²) in [7, 11) is -4.65. The van der Waals surface area contributed by atoms with Gasteiger partial charge in [-0.05, 0) is 150 Å². The van der Waals surface area contributed by atoms with E-state index >= 15 is 0 Å². The molecule has 0 aliphatic carbocycles. The van der Waals surface area contributed by atoms with E-state index in [-0.39, 0.29) is 41.1 Å². The van der Waals surface area contributed by atoms with Crippen LogP contribution < -0.4 is 38.8 Å². The summed E-state index contributed by atoms with van der Waals surface area (Å²) in [4.78, 5) is 0. The van der Waals surface area contributed by atoms with Gasteiger partial charge in [0.25, 0.3) is 0 Å². The molecule has 0 bridgehead atoms. The van der Waals surface area contributed by atoms with E-state index in [2.05, 4.69) is 89.1 Å². The van der Waals surface area contributed by atoms with Gasteiger partial charge in [0.1, 0.15) is 5.75 Å². The summed E-state index contributed by atoms with van der Waals surface area (Å²) >= 11 is 0. The Morgan fingerprint density at radius 1 is 0.604 bits per heavy atom. The topological polar surface area (TPSA) is 86.7 Å². The van der Waals surface area contributed by atoms with Crippen molar-refractivity contribution in [2.75, 3.05) is 0 Å². The first kappa shape index (κ1) is 45.9. The van der Waals surface area contributed by atoms with Crippen molar-refractivity contribution < 1.29 is 51.8 Å². The summed E-state index contributed by atoms with van der Waals surface area (Å²) in [5.74, 6) is -0.275. The molecular formula is C41H61NaO5S. The zero-order valence-corrected chi connectivity index (χ0v) is 34.3. The van der Waals surface area contributed by atoms with Gasteiger partial charge in [-0.2, -0.15) is 8.42 Å². The van der Waals surface area contributed by atoms with Gasteiger partial charge in [0.15, 0.2) is 0 Å². The summed E-state index contributed by atoms with van der Waals surface area (Å²) < 4.78 is 35.8. The van der Waals surface area contributed by atoms with E-state index < -0.39 is 10.4 Å². The molecule has 0 unspecified atom stereocenters. The molecule has 7 heteroatoms. The van der Waals surface area contributed by atoms with Crippen molar-refractivity contribution in [3.8, 4) is 11.5 Å². The van der Waals surface area contributed by atoms with Gasteiger partial charge in [-0.25, -0.2) is 0 Å². The van der Waals surface area contributed by atoms with Crippen molar-refractivity contribution in [3.63, 3.8) is 0 Å². The maximum atomic E-state index is 11.7.